The van der Waals surface area contributed by atoms with E-state index in [2.05, 4.69) is 27.1 Å². The number of hydrogen-bond acceptors (Lipinski definition) is 3. The number of imidazole rings is 1. The number of hydrogen-bond donors (Lipinski definition) is 3. The van der Waals surface area contributed by atoms with Gasteiger partial charge < -0.3 is 20.9 Å². The summed E-state index contributed by atoms with van der Waals surface area (Å²) in [5, 5.41) is 5.73. The Morgan fingerprint density at radius 3 is 3.06 bits per heavy atom. The molecule has 0 unspecified atom stereocenters. The molecule has 0 atom stereocenters. The molecule has 6 heteroatoms. The van der Waals surface area contributed by atoms with Crippen LogP contribution in [0, 0.1) is 0 Å². The number of carbonyl (C=O) groups excluding carboxylic acids is 1. The summed E-state index contributed by atoms with van der Waals surface area (Å²) in [6, 6.07) is -0.488. The van der Waals surface area contributed by atoms with E-state index in [4.69, 9.17) is 5.73 Å². The third-order valence-electron chi connectivity index (χ3n) is 2.17. The summed E-state index contributed by atoms with van der Waals surface area (Å²) < 4.78 is 2.12. The van der Waals surface area contributed by atoms with Crippen LogP contribution in [-0.2, 0) is 13.1 Å². The molecule has 1 aromatic rings. The zero-order valence-corrected chi connectivity index (χ0v) is 9.57. The Bertz CT molecular complexity index is 323. The van der Waals surface area contributed by atoms with E-state index in [9.17, 15) is 4.79 Å². The Morgan fingerprint density at radius 1 is 1.56 bits per heavy atom. The number of nitrogens with one attached hydrogen (secondary N) is 2. The highest BCUT2D eigenvalue weighted by atomic mass is 16.2. The predicted molar refractivity (Wildman–Crippen MR) is 61.8 cm³/mol. The van der Waals surface area contributed by atoms with Gasteiger partial charge in [-0.05, 0) is 6.42 Å². The van der Waals surface area contributed by atoms with Crippen LogP contribution in [0.25, 0.3) is 0 Å². The topological polar surface area (TPSA) is 85.0 Å². The van der Waals surface area contributed by atoms with Crippen LogP contribution in [0.3, 0.4) is 0 Å². The zero-order chi connectivity index (χ0) is 11.8. The zero-order valence-electron chi connectivity index (χ0n) is 9.57. The number of nitrogens with two attached hydrogens (primary N) is 1. The highest BCUT2D eigenvalue weighted by Gasteiger charge is 2.00. The molecule has 90 valence electrons. The van der Waals surface area contributed by atoms with Crippen molar-refractivity contribution in [1.29, 1.82) is 0 Å². The quantitative estimate of drug-likeness (QED) is 0.573. The van der Waals surface area contributed by atoms with Crippen LogP contribution >= 0.6 is 0 Å². The highest BCUT2D eigenvalue weighted by molar-refractivity contribution is 5.71. The van der Waals surface area contributed by atoms with Gasteiger partial charge in [-0.25, -0.2) is 9.78 Å². The summed E-state index contributed by atoms with van der Waals surface area (Å²) in [6.45, 7) is 5.10. The third-order valence-corrected chi connectivity index (χ3v) is 2.17. The molecule has 1 rings (SSSR count). The standard InChI is InChI=1S/C10H19N5O/c1-2-5-15-8-13-7-9(15)6-12-3-4-14-10(11)16/h7-8,12H,2-6H2,1H3,(H3,11,14,16). The SMILES string of the molecule is CCCn1cncc1CNCCNC(N)=O. The highest BCUT2D eigenvalue weighted by Crippen LogP contribution is 1.99. The second-order valence-corrected chi connectivity index (χ2v) is 3.55. The number of carbonyl (C=O) groups is 1. The number of urea groups is 1. The van der Waals surface area contributed by atoms with Gasteiger partial charge in [-0.1, -0.05) is 6.92 Å². The number of amides is 2. The Balaban J connectivity index is 2.21. The number of rotatable bonds is 7. The van der Waals surface area contributed by atoms with E-state index in [1.54, 1.807) is 0 Å². The first-order chi connectivity index (χ1) is 7.74. The van der Waals surface area contributed by atoms with Crippen LogP contribution in [0.1, 0.15) is 19.0 Å². The molecular weight excluding hydrogens is 206 g/mol. The Kier molecular flexibility index (Phi) is 5.35. The van der Waals surface area contributed by atoms with Gasteiger partial charge in [0.15, 0.2) is 0 Å². The van der Waals surface area contributed by atoms with Gasteiger partial charge in [-0.15, -0.1) is 0 Å². The van der Waals surface area contributed by atoms with Crippen molar-refractivity contribution in [1.82, 2.24) is 20.2 Å². The van der Waals surface area contributed by atoms with Crippen molar-refractivity contribution in [3.8, 4) is 0 Å². The molecule has 1 heterocycles. The van der Waals surface area contributed by atoms with Crippen LogP contribution in [-0.4, -0.2) is 28.7 Å². The summed E-state index contributed by atoms with van der Waals surface area (Å²) in [5.74, 6) is 0. The smallest absolute Gasteiger partial charge is 0.312 e. The molecule has 0 saturated carbocycles. The van der Waals surface area contributed by atoms with Gasteiger partial charge in [0.25, 0.3) is 0 Å². The Labute approximate surface area is 95.2 Å². The maximum absolute atomic E-state index is 10.4. The van der Waals surface area contributed by atoms with Crippen molar-refractivity contribution >= 4 is 6.03 Å². The van der Waals surface area contributed by atoms with Gasteiger partial charge >= 0.3 is 6.03 Å². The molecule has 0 aliphatic rings. The fourth-order valence-corrected chi connectivity index (χ4v) is 1.43. The average Bonchev–Trinajstić information content (AvgIpc) is 2.65. The van der Waals surface area contributed by atoms with Crippen LogP contribution in [0.15, 0.2) is 12.5 Å². The minimum Gasteiger partial charge on any atom is -0.352 e. The average molecular weight is 225 g/mol. The first-order valence-corrected chi connectivity index (χ1v) is 5.47. The Hall–Kier alpha value is -1.56. The lowest BCUT2D eigenvalue weighted by atomic mass is 10.4. The molecule has 0 aromatic carbocycles. The first-order valence-electron chi connectivity index (χ1n) is 5.47. The summed E-state index contributed by atoms with van der Waals surface area (Å²) in [7, 11) is 0. The molecule has 0 spiro atoms. The maximum atomic E-state index is 10.4. The molecule has 16 heavy (non-hydrogen) atoms. The van der Waals surface area contributed by atoms with E-state index in [1.165, 1.54) is 0 Å². The van der Waals surface area contributed by atoms with E-state index < -0.39 is 6.03 Å². The molecule has 0 aliphatic heterocycles. The van der Waals surface area contributed by atoms with E-state index in [-0.39, 0.29) is 0 Å². The lowest BCUT2D eigenvalue weighted by molar-refractivity contribution is 0.249. The minimum atomic E-state index is -0.488. The third kappa shape index (κ3) is 4.31. The lowest BCUT2D eigenvalue weighted by Gasteiger charge is -2.08. The Morgan fingerprint density at radius 2 is 2.38 bits per heavy atom. The number of aromatic nitrogens is 2. The van der Waals surface area contributed by atoms with Crippen LogP contribution in [0.5, 0.6) is 0 Å². The van der Waals surface area contributed by atoms with Crippen LogP contribution < -0.4 is 16.4 Å². The molecule has 0 radical (unpaired) electrons. The summed E-state index contributed by atoms with van der Waals surface area (Å²) >= 11 is 0. The summed E-state index contributed by atoms with van der Waals surface area (Å²) in [6.07, 6.45) is 4.78. The molecule has 0 aliphatic carbocycles. The summed E-state index contributed by atoms with van der Waals surface area (Å²) in [5.41, 5.74) is 6.09. The molecule has 2 amide bonds. The van der Waals surface area contributed by atoms with Crippen LogP contribution in [0.4, 0.5) is 4.79 Å². The van der Waals surface area contributed by atoms with E-state index in [1.807, 2.05) is 12.5 Å². The lowest BCUT2D eigenvalue weighted by Crippen LogP contribution is -2.35. The van der Waals surface area contributed by atoms with Gasteiger partial charge in [-0.2, -0.15) is 0 Å². The molecular formula is C10H19N5O. The maximum Gasteiger partial charge on any atom is 0.312 e. The van der Waals surface area contributed by atoms with E-state index in [0.717, 1.165) is 25.2 Å². The van der Waals surface area contributed by atoms with Crippen molar-refractivity contribution in [2.75, 3.05) is 13.1 Å². The van der Waals surface area contributed by atoms with Crippen molar-refractivity contribution in [3.63, 3.8) is 0 Å². The number of nitrogens with zero attached hydrogens (tertiary/aromatic N) is 2. The monoisotopic (exact) mass is 225 g/mol. The normalized spacial score (nSPS) is 10.3. The van der Waals surface area contributed by atoms with Crippen molar-refractivity contribution in [2.45, 2.75) is 26.4 Å². The van der Waals surface area contributed by atoms with Crippen molar-refractivity contribution in [2.24, 2.45) is 5.73 Å². The molecule has 6 nitrogen and oxygen atoms in total. The van der Waals surface area contributed by atoms with Crippen molar-refractivity contribution in [3.05, 3.63) is 18.2 Å². The van der Waals surface area contributed by atoms with Gasteiger partial charge in [-0.3, -0.25) is 0 Å². The van der Waals surface area contributed by atoms with Crippen LogP contribution in [0.2, 0.25) is 0 Å². The first kappa shape index (κ1) is 12.5. The van der Waals surface area contributed by atoms with E-state index >= 15 is 0 Å². The molecule has 0 bridgehead atoms. The van der Waals surface area contributed by atoms with E-state index in [0.29, 0.717) is 13.1 Å². The fourth-order valence-electron chi connectivity index (χ4n) is 1.43. The molecule has 4 N–H and O–H groups in total. The molecule has 1 aromatic heterocycles. The van der Waals surface area contributed by atoms with Gasteiger partial charge in [0.1, 0.15) is 0 Å². The van der Waals surface area contributed by atoms with Gasteiger partial charge in [0.05, 0.1) is 12.0 Å². The summed E-state index contributed by atoms with van der Waals surface area (Å²) in [4.78, 5) is 14.5. The van der Waals surface area contributed by atoms with Gasteiger partial charge in [0.2, 0.25) is 0 Å². The predicted octanol–water partition coefficient (Wildman–Crippen LogP) is 0.0510. The molecule has 0 fully saturated rings. The molecule has 0 saturated heterocycles. The number of aryl methyl sites for hydroxylation is 1. The largest absolute Gasteiger partial charge is 0.352 e. The fraction of sp³-hybridized carbons (Fsp3) is 0.600. The van der Waals surface area contributed by atoms with Crippen molar-refractivity contribution < 1.29 is 4.79 Å². The second-order valence-electron chi connectivity index (χ2n) is 3.55. The second kappa shape index (κ2) is 6.84. The minimum absolute atomic E-state index is 0.488. The van der Waals surface area contributed by atoms with Gasteiger partial charge in [0, 0.05) is 32.4 Å². The number of primary amides is 1.